The maximum atomic E-state index is 5.18. The minimum absolute atomic E-state index is 0. The Bertz CT molecular complexity index is 692. The Balaban J connectivity index is 0.00000338. The van der Waals surface area contributed by atoms with E-state index in [4.69, 9.17) is 9.72 Å². The van der Waals surface area contributed by atoms with E-state index in [0.717, 1.165) is 35.4 Å². The van der Waals surface area contributed by atoms with E-state index >= 15 is 0 Å². The van der Waals surface area contributed by atoms with Gasteiger partial charge in [0.25, 0.3) is 0 Å². The van der Waals surface area contributed by atoms with Crippen LogP contribution in [0.4, 0.5) is 0 Å². The summed E-state index contributed by atoms with van der Waals surface area (Å²) in [6.45, 7) is 8.04. The topological polar surface area (TPSA) is 58.5 Å². The summed E-state index contributed by atoms with van der Waals surface area (Å²) in [5.41, 5.74) is 2.49. The highest BCUT2D eigenvalue weighted by molar-refractivity contribution is 14.0. The van der Waals surface area contributed by atoms with E-state index in [1.807, 2.05) is 12.1 Å². The lowest BCUT2D eigenvalue weighted by Crippen LogP contribution is -2.37. The molecule has 144 valence electrons. The lowest BCUT2D eigenvalue weighted by Gasteiger charge is -2.14. The number of ether oxygens (including phenoxy) is 1. The third kappa shape index (κ3) is 7.11. The molecule has 0 aliphatic rings. The van der Waals surface area contributed by atoms with E-state index in [2.05, 4.69) is 53.9 Å². The van der Waals surface area contributed by atoms with Crippen molar-refractivity contribution in [2.24, 2.45) is 4.99 Å². The van der Waals surface area contributed by atoms with Gasteiger partial charge in [-0.3, -0.25) is 4.99 Å². The van der Waals surface area contributed by atoms with Crippen molar-refractivity contribution in [1.29, 1.82) is 0 Å². The Hall–Kier alpha value is -1.35. The molecule has 1 aromatic heterocycles. The van der Waals surface area contributed by atoms with Crippen molar-refractivity contribution in [3.8, 4) is 5.75 Å². The molecule has 5 nitrogen and oxygen atoms in total. The van der Waals surface area contributed by atoms with Gasteiger partial charge in [-0.15, -0.1) is 35.3 Å². The second kappa shape index (κ2) is 10.7. The first-order valence-electron chi connectivity index (χ1n) is 8.44. The molecule has 0 amide bonds. The molecule has 0 fully saturated rings. The van der Waals surface area contributed by atoms with Crippen molar-refractivity contribution in [3.05, 3.63) is 45.9 Å². The molecule has 0 saturated carbocycles. The first-order chi connectivity index (χ1) is 11.9. The lowest BCUT2D eigenvalue weighted by atomic mass is 9.93. The van der Waals surface area contributed by atoms with Crippen LogP contribution in [0.15, 0.2) is 34.6 Å². The molecular formula is C19H29IN4OS. The van der Waals surface area contributed by atoms with Crippen molar-refractivity contribution in [2.45, 2.75) is 39.2 Å². The van der Waals surface area contributed by atoms with E-state index < -0.39 is 0 Å². The molecule has 0 bridgehead atoms. The maximum absolute atomic E-state index is 5.18. The van der Waals surface area contributed by atoms with E-state index in [0.29, 0.717) is 6.54 Å². The third-order valence-corrected chi connectivity index (χ3v) is 4.66. The maximum Gasteiger partial charge on any atom is 0.191 e. The fourth-order valence-corrected chi connectivity index (χ4v) is 3.19. The average molecular weight is 488 g/mol. The number of hydrogen-bond acceptors (Lipinski definition) is 4. The van der Waals surface area contributed by atoms with E-state index in [9.17, 15) is 0 Å². The van der Waals surface area contributed by atoms with E-state index in [1.54, 1.807) is 25.5 Å². The number of thiazole rings is 1. The molecule has 0 radical (unpaired) electrons. The van der Waals surface area contributed by atoms with Crippen LogP contribution >= 0.6 is 35.3 Å². The summed E-state index contributed by atoms with van der Waals surface area (Å²) in [7, 11) is 3.46. The van der Waals surface area contributed by atoms with Crippen LogP contribution < -0.4 is 15.4 Å². The Labute approximate surface area is 177 Å². The van der Waals surface area contributed by atoms with E-state index in [1.165, 1.54) is 5.56 Å². The van der Waals surface area contributed by atoms with Gasteiger partial charge in [-0.05, 0) is 24.1 Å². The number of guanidine groups is 1. The number of aliphatic imine (C=N–C) groups is 1. The van der Waals surface area contributed by atoms with Crippen molar-refractivity contribution in [3.63, 3.8) is 0 Å². The van der Waals surface area contributed by atoms with Gasteiger partial charge in [0.2, 0.25) is 0 Å². The minimum atomic E-state index is 0. The molecule has 26 heavy (non-hydrogen) atoms. The quantitative estimate of drug-likeness (QED) is 0.367. The van der Waals surface area contributed by atoms with Gasteiger partial charge >= 0.3 is 0 Å². The number of aromatic nitrogens is 1. The van der Waals surface area contributed by atoms with Crippen molar-refractivity contribution < 1.29 is 4.74 Å². The predicted molar refractivity (Wildman–Crippen MR) is 121 cm³/mol. The number of hydrogen-bond donors (Lipinski definition) is 2. The van der Waals surface area contributed by atoms with Crippen LogP contribution in [-0.4, -0.2) is 31.6 Å². The van der Waals surface area contributed by atoms with Crippen molar-refractivity contribution in [2.75, 3.05) is 20.7 Å². The third-order valence-electron chi connectivity index (χ3n) is 3.82. The fourth-order valence-electron chi connectivity index (χ4n) is 2.23. The van der Waals surface area contributed by atoms with Gasteiger partial charge in [0, 0.05) is 24.4 Å². The lowest BCUT2D eigenvalue weighted by molar-refractivity contribution is 0.414. The van der Waals surface area contributed by atoms with Gasteiger partial charge in [-0.2, -0.15) is 0 Å². The highest BCUT2D eigenvalue weighted by atomic mass is 127. The summed E-state index contributed by atoms with van der Waals surface area (Å²) in [6.07, 6.45) is 0.927. The molecule has 7 heteroatoms. The standard InChI is InChI=1S/C19H28N4OS.HI/c1-19(2,3)16-13-25-17(23-16)12-22-18(20-4)21-11-10-14-6-8-15(24-5)9-7-14;/h6-9,13H,10-12H2,1-5H3,(H2,20,21,22);1H. The Morgan fingerprint density at radius 3 is 2.42 bits per heavy atom. The second-order valence-electron chi connectivity index (χ2n) is 6.83. The zero-order chi connectivity index (χ0) is 18.3. The summed E-state index contributed by atoms with van der Waals surface area (Å²) in [5.74, 6) is 1.67. The number of rotatable bonds is 6. The molecule has 0 unspecified atom stereocenters. The smallest absolute Gasteiger partial charge is 0.191 e. The molecule has 0 atom stereocenters. The van der Waals surface area contributed by atoms with Crippen LogP contribution in [0.3, 0.4) is 0 Å². The SMILES string of the molecule is CN=C(NCCc1ccc(OC)cc1)NCc1nc(C(C)(C)C)cs1.I. The molecule has 0 saturated heterocycles. The van der Waals surface area contributed by atoms with Gasteiger partial charge < -0.3 is 15.4 Å². The van der Waals surface area contributed by atoms with Gasteiger partial charge in [-0.1, -0.05) is 32.9 Å². The van der Waals surface area contributed by atoms with Gasteiger partial charge in [0.05, 0.1) is 19.3 Å². The molecule has 2 rings (SSSR count). The molecule has 0 spiro atoms. The zero-order valence-electron chi connectivity index (χ0n) is 16.1. The molecular weight excluding hydrogens is 459 g/mol. The summed E-state index contributed by atoms with van der Waals surface area (Å²) in [6, 6.07) is 8.13. The zero-order valence-corrected chi connectivity index (χ0v) is 19.3. The van der Waals surface area contributed by atoms with Crippen LogP contribution in [0, 0.1) is 0 Å². The fraction of sp³-hybridized carbons (Fsp3) is 0.474. The second-order valence-corrected chi connectivity index (χ2v) is 7.77. The van der Waals surface area contributed by atoms with Crippen molar-refractivity contribution in [1.82, 2.24) is 15.6 Å². The monoisotopic (exact) mass is 488 g/mol. The first-order valence-corrected chi connectivity index (χ1v) is 9.32. The highest BCUT2D eigenvalue weighted by Crippen LogP contribution is 2.23. The highest BCUT2D eigenvalue weighted by Gasteiger charge is 2.17. The molecule has 1 heterocycles. The van der Waals surface area contributed by atoms with Crippen LogP contribution in [-0.2, 0) is 18.4 Å². The van der Waals surface area contributed by atoms with Gasteiger partial charge in [-0.25, -0.2) is 4.98 Å². The number of nitrogens with one attached hydrogen (secondary N) is 2. The van der Waals surface area contributed by atoms with Gasteiger partial charge in [0.15, 0.2) is 5.96 Å². The minimum Gasteiger partial charge on any atom is -0.497 e. The number of nitrogens with zero attached hydrogens (tertiary/aromatic N) is 2. The Morgan fingerprint density at radius 1 is 1.19 bits per heavy atom. The predicted octanol–water partition coefficient (Wildman–Crippen LogP) is 3.97. The Kier molecular flexibility index (Phi) is 9.35. The van der Waals surface area contributed by atoms with Crippen LogP contribution in [0.2, 0.25) is 0 Å². The number of halogens is 1. The molecule has 0 aliphatic heterocycles. The van der Waals surface area contributed by atoms with Gasteiger partial charge in [0.1, 0.15) is 10.8 Å². The largest absolute Gasteiger partial charge is 0.497 e. The molecule has 2 N–H and O–H groups in total. The summed E-state index contributed by atoms with van der Waals surface area (Å²) in [5, 5.41) is 9.87. The molecule has 1 aromatic carbocycles. The molecule has 2 aromatic rings. The average Bonchev–Trinajstić information content (AvgIpc) is 3.08. The summed E-state index contributed by atoms with van der Waals surface area (Å²) in [4.78, 5) is 8.96. The Morgan fingerprint density at radius 2 is 1.88 bits per heavy atom. The van der Waals surface area contributed by atoms with Crippen molar-refractivity contribution >= 4 is 41.3 Å². The summed E-state index contributed by atoms with van der Waals surface area (Å²) < 4.78 is 5.18. The van der Waals surface area contributed by atoms with Crippen LogP contribution in [0.25, 0.3) is 0 Å². The molecule has 0 aliphatic carbocycles. The number of benzene rings is 1. The van der Waals surface area contributed by atoms with Crippen LogP contribution in [0.1, 0.15) is 37.0 Å². The number of methoxy groups -OCH3 is 1. The normalized spacial score (nSPS) is 11.7. The van der Waals surface area contributed by atoms with E-state index in [-0.39, 0.29) is 29.4 Å². The van der Waals surface area contributed by atoms with Crippen LogP contribution in [0.5, 0.6) is 5.75 Å². The first kappa shape index (κ1) is 22.7. The summed E-state index contributed by atoms with van der Waals surface area (Å²) >= 11 is 1.68.